The van der Waals surface area contributed by atoms with Gasteiger partial charge in [0.2, 0.25) is 0 Å². The third-order valence-corrected chi connectivity index (χ3v) is 5.66. The predicted molar refractivity (Wildman–Crippen MR) is 125 cm³/mol. The number of hydrogen-bond donors (Lipinski definition) is 0. The Labute approximate surface area is 199 Å². The summed E-state index contributed by atoms with van der Waals surface area (Å²) in [6.45, 7) is -0.885. The van der Waals surface area contributed by atoms with E-state index in [-0.39, 0.29) is 17.2 Å². The Hall–Kier alpha value is -4.45. The molecule has 1 fully saturated rings. The van der Waals surface area contributed by atoms with Gasteiger partial charge < -0.3 is 19.1 Å². The van der Waals surface area contributed by atoms with Crippen LogP contribution in [0.1, 0.15) is 21.6 Å². The molecule has 3 heterocycles. The maximum atomic E-state index is 13.2. The van der Waals surface area contributed by atoms with E-state index >= 15 is 0 Å². The maximum absolute atomic E-state index is 13.2. The number of amides is 1. The van der Waals surface area contributed by atoms with Crippen molar-refractivity contribution in [1.82, 2.24) is 15.0 Å². The van der Waals surface area contributed by atoms with Crippen molar-refractivity contribution in [2.75, 3.05) is 31.1 Å². The van der Waals surface area contributed by atoms with Crippen molar-refractivity contribution in [3.8, 4) is 17.6 Å². The van der Waals surface area contributed by atoms with Gasteiger partial charge in [0, 0.05) is 37.9 Å². The van der Waals surface area contributed by atoms with Gasteiger partial charge in [0.25, 0.3) is 5.91 Å². The molecule has 5 rings (SSSR count). The number of rotatable bonds is 4. The number of alkyl halides is 2. The first kappa shape index (κ1) is 22.3. The Morgan fingerprint density at radius 3 is 2.57 bits per heavy atom. The topological polar surface area (TPSA) is 71.7 Å². The van der Waals surface area contributed by atoms with Crippen LogP contribution in [-0.2, 0) is 0 Å². The van der Waals surface area contributed by atoms with Gasteiger partial charge >= 0.3 is 6.61 Å². The number of ether oxygens (including phenoxy) is 1. The summed E-state index contributed by atoms with van der Waals surface area (Å²) in [6, 6.07) is 17.2. The largest absolute Gasteiger partial charge is 0.434 e. The van der Waals surface area contributed by atoms with Crippen molar-refractivity contribution in [3.05, 3.63) is 83.7 Å². The molecule has 0 atom stereocenters. The van der Waals surface area contributed by atoms with Gasteiger partial charge in [-0.25, -0.2) is 4.98 Å². The van der Waals surface area contributed by atoms with E-state index in [9.17, 15) is 13.6 Å². The maximum Gasteiger partial charge on any atom is 0.387 e. The molecule has 0 spiro atoms. The fourth-order valence-electron chi connectivity index (χ4n) is 3.93. The number of benzene rings is 2. The number of carbonyl (C=O) groups is 1. The fourth-order valence-corrected chi connectivity index (χ4v) is 3.93. The summed E-state index contributed by atoms with van der Waals surface area (Å²) in [5.41, 5.74) is 1.72. The zero-order chi connectivity index (χ0) is 24.2. The predicted octanol–water partition coefficient (Wildman–Crippen LogP) is 4.19. The third-order valence-electron chi connectivity index (χ3n) is 5.66. The number of pyridine rings is 1. The van der Waals surface area contributed by atoms with Crippen LogP contribution in [0.3, 0.4) is 0 Å². The van der Waals surface area contributed by atoms with Crippen LogP contribution in [-0.4, -0.2) is 53.7 Å². The highest BCUT2D eigenvalue weighted by Crippen LogP contribution is 2.27. The summed E-state index contributed by atoms with van der Waals surface area (Å²) < 4.78 is 35.8. The molecule has 176 valence electrons. The molecule has 9 heteroatoms. The second-order valence-corrected chi connectivity index (χ2v) is 7.84. The summed E-state index contributed by atoms with van der Waals surface area (Å²) in [4.78, 5) is 21.1. The van der Waals surface area contributed by atoms with E-state index in [4.69, 9.17) is 4.52 Å². The number of halogens is 2. The monoisotopic (exact) mass is 474 g/mol. The Morgan fingerprint density at radius 2 is 1.80 bits per heavy atom. The Balaban J connectivity index is 1.33. The minimum Gasteiger partial charge on any atom is -0.434 e. The average Bonchev–Trinajstić information content (AvgIpc) is 3.32. The summed E-state index contributed by atoms with van der Waals surface area (Å²) in [7, 11) is 0. The second-order valence-electron chi connectivity index (χ2n) is 7.84. The summed E-state index contributed by atoms with van der Waals surface area (Å²) >= 11 is 0. The van der Waals surface area contributed by atoms with Crippen LogP contribution in [0.2, 0.25) is 0 Å². The first-order valence-electron chi connectivity index (χ1n) is 11.0. The first-order valence-corrected chi connectivity index (χ1v) is 11.0. The summed E-state index contributed by atoms with van der Waals surface area (Å²) in [5, 5.41) is 5.12. The van der Waals surface area contributed by atoms with Crippen molar-refractivity contribution < 1.29 is 22.8 Å². The van der Waals surface area contributed by atoms with Gasteiger partial charge in [-0.15, -0.1) is 0 Å². The molecule has 0 aliphatic carbocycles. The number of anilines is 1. The van der Waals surface area contributed by atoms with E-state index < -0.39 is 6.61 Å². The molecule has 0 unspecified atom stereocenters. The van der Waals surface area contributed by atoms with Crippen molar-refractivity contribution in [2.45, 2.75) is 6.61 Å². The highest BCUT2D eigenvalue weighted by molar-refractivity contribution is 5.95. The molecule has 0 saturated carbocycles. The lowest BCUT2D eigenvalue weighted by Crippen LogP contribution is -2.49. The van der Waals surface area contributed by atoms with Crippen molar-refractivity contribution in [2.24, 2.45) is 0 Å². The molecule has 35 heavy (non-hydrogen) atoms. The van der Waals surface area contributed by atoms with Crippen LogP contribution in [0.5, 0.6) is 5.75 Å². The Kier molecular flexibility index (Phi) is 6.26. The number of nitrogens with zero attached hydrogens (tertiary/aromatic N) is 4. The lowest BCUT2D eigenvalue weighted by molar-refractivity contribution is -0.0500. The minimum atomic E-state index is -3.01. The first-order chi connectivity index (χ1) is 17.1. The van der Waals surface area contributed by atoms with Crippen LogP contribution in [0.25, 0.3) is 11.0 Å². The molecule has 1 aliphatic heterocycles. The van der Waals surface area contributed by atoms with Gasteiger partial charge in [-0.2, -0.15) is 8.78 Å². The number of para-hydroxylation sites is 1. The molecule has 2 aromatic heterocycles. The van der Waals surface area contributed by atoms with E-state index in [0.29, 0.717) is 43.0 Å². The standard InChI is InChI=1S/C26H20F2N4O3/c27-26(28)34-22-11-9-19(17-18(22)8-10-20-5-3-4-12-29-20)25(33)32-15-13-31(14-16-32)24-21-6-1-2-7-23(21)35-30-24/h1-7,9,11-12,17,26H,13-16H2. The lowest BCUT2D eigenvalue weighted by atomic mass is 10.1. The Morgan fingerprint density at radius 1 is 1.00 bits per heavy atom. The molecule has 1 amide bonds. The number of hydrogen-bond acceptors (Lipinski definition) is 6. The molecule has 2 aromatic carbocycles. The highest BCUT2D eigenvalue weighted by Gasteiger charge is 2.25. The van der Waals surface area contributed by atoms with E-state index in [2.05, 4.69) is 31.6 Å². The highest BCUT2D eigenvalue weighted by atomic mass is 19.3. The van der Waals surface area contributed by atoms with E-state index in [1.807, 2.05) is 24.3 Å². The molecule has 7 nitrogen and oxygen atoms in total. The number of aromatic nitrogens is 2. The Bertz CT molecular complexity index is 1400. The second kappa shape index (κ2) is 9.81. The normalized spacial score (nSPS) is 13.6. The third kappa shape index (κ3) is 4.92. The van der Waals surface area contributed by atoms with Gasteiger partial charge in [-0.1, -0.05) is 29.3 Å². The number of carbonyl (C=O) groups excluding carboxylic acids is 1. The molecule has 1 aliphatic rings. The molecule has 4 aromatic rings. The molecular weight excluding hydrogens is 454 g/mol. The van der Waals surface area contributed by atoms with Crippen molar-refractivity contribution in [1.29, 1.82) is 0 Å². The van der Waals surface area contributed by atoms with E-state index in [0.717, 1.165) is 11.2 Å². The molecule has 0 N–H and O–H groups in total. The van der Waals surface area contributed by atoms with Gasteiger partial charge in [0.1, 0.15) is 11.4 Å². The molecule has 0 bridgehead atoms. The summed E-state index contributed by atoms with van der Waals surface area (Å²) in [5.74, 6) is 6.08. The lowest BCUT2D eigenvalue weighted by Gasteiger charge is -2.34. The average molecular weight is 474 g/mol. The molecule has 1 saturated heterocycles. The van der Waals surface area contributed by atoms with Crippen molar-refractivity contribution >= 4 is 22.7 Å². The summed E-state index contributed by atoms with van der Waals surface area (Å²) in [6.07, 6.45) is 1.59. The molecule has 0 radical (unpaired) electrons. The number of fused-ring (bicyclic) bond motifs is 1. The van der Waals surface area contributed by atoms with Crippen molar-refractivity contribution in [3.63, 3.8) is 0 Å². The smallest absolute Gasteiger partial charge is 0.387 e. The number of piperazine rings is 1. The van der Waals surface area contributed by atoms with Crippen LogP contribution < -0.4 is 9.64 Å². The molecular formula is C26H20F2N4O3. The van der Waals surface area contributed by atoms with E-state index in [1.165, 1.54) is 18.2 Å². The van der Waals surface area contributed by atoms with E-state index in [1.54, 1.807) is 29.3 Å². The fraction of sp³-hybridized carbons (Fsp3) is 0.192. The van der Waals surface area contributed by atoms with Crippen LogP contribution >= 0.6 is 0 Å². The van der Waals surface area contributed by atoms with Gasteiger partial charge in [-0.05, 0) is 48.4 Å². The van der Waals surface area contributed by atoms with Gasteiger partial charge in [0.05, 0.1) is 10.9 Å². The van der Waals surface area contributed by atoms with Crippen LogP contribution in [0.4, 0.5) is 14.6 Å². The quantitative estimate of drug-likeness (QED) is 0.413. The van der Waals surface area contributed by atoms with Crippen LogP contribution in [0.15, 0.2) is 71.4 Å². The van der Waals surface area contributed by atoms with Gasteiger partial charge in [0.15, 0.2) is 11.4 Å². The zero-order valence-electron chi connectivity index (χ0n) is 18.5. The minimum absolute atomic E-state index is 0.0947. The van der Waals surface area contributed by atoms with Crippen LogP contribution in [0, 0.1) is 11.8 Å². The van der Waals surface area contributed by atoms with Gasteiger partial charge in [-0.3, -0.25) is 4.79 Å². The SMILES string of the molecule is O=C(c1ccc(OC(F)F)c(C#Cc2ccccn2)c1)N1CCN(c2noc3ccccc23)CC1. The zero-order valence-corrected chi connectivity index (χ0v) is 18.5.